The molecule has 1 heterocycles. The molecule has 1 aromatic heterocycles. The molecular formula is C13H10F4N2O. The Bertz CT molecular complexity index is 673. The van der Waals surface area contributed by atoms with Crippen LogP contribution in [0.25, 0.3) is 0 Å². The van der Waals surface area contributed by atoms with Gasteiger partial charge in [0.25, 0.3) is 0 Å². The molecule has 0 aliphatic heterocycles. The molecule has 2 rings (SSSR count). The van der Waals surface area contributed by atoms with Gasteiger partial charge in [0, 0.05) is 12.6 Å². The molecule has 0 aliphatic carbocycles. The number of benzene rings is 1. The number of aromatic nitrogens is 2. The summed E-state index contributed by atoms with van der Waals surface area (Å²) in [4.78, 5) is 12.1. The number of hydrogen-bond acceptors (Lipinski definition) is 2. The lowest BCUT2D eigenvalue weighted by Gasteiger charge is -2.09. The maximum atomic E-state index is 13.2. The Morgan fingerprint density at radius 3 is 2.40 bits per heavy atom. The molecule has 20 heavy (non-hydrogen) atoms. The van der Waals surface area contributed by atoms with Crippen LogP contribution < -0.4 is 0 Å². The van der Waals surface area contributed by atoms with E-state index in [0.29, 0.717) is 17.8 Å². The van der Waals surface area contributed by atoms with Crippen molar-refractivity contribution in [1.29, 1.82) is 0 Å². The fourth-order valence-electron chi connectivity index (χ4n) is 1.85. The molecule has 0 atom stereocenters. The summed E-state index contributed by atoms with van der Waals surface area (Å²) in [5.41, 5.74) is -0.986. The van der Waals surface area contributed by atoms with Crippen molar-refractivity contribution in [2.45, 2.75) is 13.1 Å². The monoisotopic (exact) mass is 286 g/mol. The SMILES string of the molecule is Cc1cc(C(=O)c2ccc(F)c(C(F)(F)F)c2)n(C)n1. The minimum Gasteiger partial charge on any atom is -0.287 e. The van der Waals surface area contributed by atoms with E-state index in [9.17, 15) is 22.4 Å². The highest BCUT2D eigenvalue weighted by molar-refractivity contribution is 6.08. The van der Waals surface area contributed by atoms with Crippen molar-refractivity contribution in [2.75, 3.05) is 0 Å². The van der Waals surface area contributed by atoms with Crippen LogP contribution in [0.15, 0.2) is 24.3 Å². The van der Waals surface area contributed by atoms with Gasteiger partial charge in [-0.05, 0) is 31.2 Å². The zero-order valence-electron chi connectivity index (χ0n) is 10.6. The van der Waals surface area contributed by atoms with Crippen molar-refractivity contribution in [2.24, 2.45) is 7.05 Å². The van der Waals surface area contributed by atoms with Crippen LogP contribution in [-0.2, 0) is 13.2 Å². The van der Waals surface area contributed by atoms with Crippen molar-refractivity contribution < 1.29 is 22.4 Å². The van der Waals surface area contributed by atoms with Crippen LogP contribution in [0.2, 0.25) is 0 Å². The standard InChI is InChI=1S/C13H10F4N2O/c1-7-5-11(19(2)18-7)12(20)8-3-4-10(14)9(6-8)13(15,16)17/h3-6H,1-2H3. The molecule has 1 aromatic carbocycles. The molecule has 0 bridgehead atoms. The van der Waals surface area contributed by atoms with Crippen LogP contribution in [0, 0.1) is 12.7 Å². The van der Waals surface area contributed by atoms with E-state index >= 15 is 0 Å². The first-order valence-corrected chi connectivity index (χ1v) is 5.62. The number of carbonyl (C=O) groups is 1. The number of aryl methyl sites for hydroxylation is 2. The zero-order chi connectivity index (χ0) is 15.1. The van der Waals surface area contributed by atoms with Crippen molar-refractivity contribution in [3.8, 4) is 0 Å². The molecule has 0 saturated carbocycles. The molecule has 7 heteroatoms. The lowest BCUT2D eigenvalue weighted by molar-refractivity contribution is -0.140. The van der Waals surface area contributed by atoms with E-state index in [-0.39, 0.29) is 11.3 Å². The maximum Gasteiger partial charge on any atom is 0.419 e. The van der Waals surface area contributed by atoms with E-state index < -0.39 is 23.3 Å². The van der Waals surface area contributed by atoms with Crippen LogP contribution in [0.3, 0.4) is 0 Å². The predicted octanol–water partition coefficient (Wildman–Crippen LogP) is 3.12. The number of hydrogen-bond donors (Lipinski definition) is 0. The molecule has 0 aliphatic rings. The van der Waals surface area contributed by atoms with E-state index in [2.05, 4.69) is 5.10 Å². The third-order valence-electron chi connectivity index (χ3n) is 2.77. The highest BCUT2D eigenvalue weighted by Gasteiger charge is 2.34. The van der Waals surface area contributed by atoms with Gasteiger partial charge in [0.1, 0.15) is 11.5 Å². The summed E-state index contributed by atoms with van der Waals surface area (Å²) in [6.45, 7) is 1.66. The predicted molar refractivity (Wildman–Crippen MR) is 62.8 cm³/mol. The number of nitrogens with zero attached hydrogens (tertiary/aromatic N) is 2. The van der Waals surface area contributed by atoms with Crippen molar-refractivity contribution in [1.82, 2.24) is 9.78 Å². The Kier molecular flexibility index (Phi) is 3.37. The van der Waals surface area contributed by atoms with E-state index in [1.165, 1.54) is 17.8 Å². The molecule has 0 fully saturated rings. The van der Waals surface area contributed by atoms with Crippen LogP contribution in [0.1, 0.15) is 27.3 Å². The van der Waals surface area contributed by atoms with Gasteiger partial charge in [0.2, 0.25) is 5.78 Å². The quantitative estimate of drug-likeness (QED) is 0.628. The third-order valence-corrected chi connectivity index (χ3v) is 2.77. The molecule has 0 radical (unpaired) electrons. The lowest BCUT2D eigenvalue weighted by Crippen LogP contribution is -2.12. The van der Waals surface area contributed by atoms with Crippen LogP contribution in [-0.4, -0.2) is 15.6 Å². The van der Waals surface area contributed by atoms with E-state index in [0.717, 1.165) is 6.07 Å². The zero-order valence-corrected chi connectivity index (χ0v) is 10.6. The fraction of sp³-hybridized carbons (Fsp3) is 0.231. The Morgan fingerprint density at radius 2 is 1.90 bits per heavy atom. The van der Waals surface area contributed by atoms with E-state index in [1.807, 2.05) is 0 Å². The van der Waals surface area contributed by atoms with Crippen molar-refractivity contribution in [3.63, 3.8) is 0 Å². The second-order valence-corrected chi connectivity index (χ2v) is 4.32. The van der Waals surface area contributed by atoms with Gasteiger partial charge in [0.05, 0.1) is 11.3 Å². The number of ketones is 1. The largest absolute Gasteiger partial charge is 0.419 e. The van der Waals surface area contributed by atoms with Gasteiger partial charge in [-0.25, -0.2) is 4.39 Å². The first kappa shape index (κ1) is 14.2. The Labute approximate surface area is 111 Å². The molecule has 3 nitrogen and oxygen atoms in total. The van der Waals surface area contributed by atoms with Crippen molar-refractivity contribution >= 4 is 5.78 Å². The van der Waals surface area contributed by atoms with Gasteiger partial charge in [0.15, 0.2) is 0 Å². The Hall–Kier alpha value is -2.18. The number of halogens is 4. The highest BCUT2D eigenvalue weighted by Crippen LogP contribution is 2.32. The second kappa shape index (κ2) is 4.73. The smallest absolute Gasteiger partial charge is 0.287 e. The van der Waals surface area contributed by atoms with Crippen LogP contribution in [0.5, 0.6) is 0 Å². The molecule has 106 valence electrons. The summed E-state index contributed by atoms with van der Waals surface area (Å²) in [6, 6.07) is 3.63. The van der Waals surface area contributed by atoms with Gasteiger partial charge in [-0.15, -0.1) is 0 Å². The molecule has 0 spiro atoms. The first-order valence-electron chi connectivity index (χ1n) is 5.62. The van der Waals surface area contributed by atoms with Crippen molar-refractivity contribution in [3.05, 3.63) is 52.6 Å². The minimum atomic E-state index is -4.84. The summed E-state index contributed by atoms with van der Waals surface area (Å²) >= 11 is 0. The first-order chi connectivity index (χ1) is 9.20. The van der Waals surface area contributed by atoms with Gasteiger partial charge in [-0.1, -0.05) is 0 Å². The average Bonchev–Trinajstić information content (AvgIpc) is 2.66. The fourth-order valence-corrected chi connectivity index (χ4v) is 1.85. The number of alkyl halides is 3. The van der Waals surface area contributed by atoms with E-state index in [4.69, 9.17) is 0 Å². The topological polar surface area (TPSA) is 34.9 Å². The molecular weight excluding hydrogens is 276 g/mol. The van der Waals surface area contributed by atoms with Gasteiger partial charge < -0.3 is 0 Å². The molecule has 0 N–H and O–H groups in total. The second-order valence-electron chi connectivity index (χ2n) is 4.32. The van der Waals surface area contributed by atoms with Gasteiger partial charge >= 0.3 is 6.18 Å². The molecule has 0 saturated heterocycles. The Balaban J connectivity index is 2.49. The maximum absolute atomic E-state index is 13.2. The summed E-state index contributed by atoms with van der Waals surface area (Å²) in [6.07, 6.45) is -4.84. The summed E-state index contributed by atoms with van der Waals surface area (Å²) in [7, 11) is 1.51. The van der Waals surface area contributed by atoms with Crippen LogP contribution in [0.4, 0.5) is 17.6 Å². The number of rotatable bonds is 2. The number of carbonyl (C=O) groups excluding carboxylic acids is 1. The van der Waals surface area contributed by atoms with Gasteiger partial charge in [-0.3, -0.25) is 9.48 Å². The summed E-state index contributed by atoms with van der Waals surface area (Å²) in [5, 5.41) is 3.95. The van der Waals surface area contributed by atoms with E-state index in [1.54, 1.807) is 6.92 Å². The Morgan fingerprint density at radius 1 is 1.25 bits per heavy atom. The summed E-state index contributed by atoms with van der Waals surface area (Å²) in [5.74, 6) is -2.05. The molecule has 2 aromatic rings. The third kappa shape index (κ3) is 2.56. The lowest BCUT2D eigenvalue weighted by atomic mass is 10.0. The highest BCUT2D eigenvalue weighted by atomic mass is 19.4. The van der Waals surface area contributed by atoms with Crippen LogP contribution >= 0.6 is 0 Å². The normalized spacial score (nSPS) is 11.7. The average molecular weight is 286 g/mol. The summed E-state index contributed by atoms with van der Waals surface area (Å²) < 4.78 is 52.3. The minimum absolute atomic E-state index is 0.141. The molecule has 0 amide bonds. The van der Waals surface area contributed by atoms with Gasteiger partial charge in [-0.2, -0.15) is 18.3 Å². The molecule has 0 unspecified atom stereocenters.